The van der Waals surface area contributed by atoms with Gasteiger partial charge in [-0.3, -0.25) is 0 Å². The quantitative estimate of drug-likeness (QED) is 0.693. The van der Waals surface area contributed by atoms with Crippen LogP contribution in [0.5, 0.6) is 0 Å². The molecule has 96 valence electrons. The maximum atomic E-state index is 3.53. The number of hydrogen-bond donors (Lipinski definition) is 1. The number of fused-ring (bicyclic) bond motifs is 1. The largest absolute Gasteiger partial charge is 0.373 e. The fourth-order valence-electron chi connectivity index (χ4n) is 2.30. The first-order chi connectivity index (χ1) is 9.22. The summed E-state index contributed by atoms with van der Waals surface area (Å²) < 4.78 is 1.34. The maximum Gasteiger partial charge on any atom is 0.0897 e. The van der Waals surface area contributed by atoms with Crippen molar-refractivity contribution in [3.63, 3.8) is 0 Å². The molecule has 1 heterocycles. The molecule has 0 radical (unpaired) electrons. The van der Waals surface area contributed by atoms with Crippen LogP contribution in [0.2, 0.25) is 0 Å². The van der Waals surface area contributed by atoms with Gasteiger partial charge in [0, 0.05) is 11.2 Å². The molecular weight excluding hydrogens is 250 g/mol. The SMILES string of the molecule is Cc1ccc(CNc2cc3ccccc3s2)c(C)c1. The third-order valence-corrected chi connectivity index (χ3v) is 4.45. The van der Waals surface area contributed by atoms with Crippen LogP contribution in [0.15, 0.2) is 48.5 Å². The Labute approximate surface area is 117 Å². The number of anilines is 1. The summed E-state index contributed by atoms with van der Waals surface area (Å²) in [6.45, 7) is 5.20. The zero-order valence-electron chi connectivity index (χ0n) is 11.2. The van der Waals surface area contributed by atoms with Crippen LogP contribution in [-0.4, -0.2) is 0 Å². The van der Waals surface area contributed by atoms with E-state index in [9.17, 15) is 0 Å². The Morgan fingerprint density at radius 3 is 2.63 bits per heavy atom. The van der Waals surface area contributed by atoms with Crippen LogP contribution < -0.4 is 5.32 Å². The molecule has 0 saturated heterocycles. The Kier molecular flexibility index (Phi) is 3.26. The molecule has 3 rings (SSSR count). The van der Waals surface area contributed by atoms with Crippen molar-refractivity contribution in [3.05, 3.63) is 65.2 Å². The van der Waals surface area contributed by atoms with Crippen molar-refractivity contribution in [1.29, 1.82) is 0 Å². The van der Waals surface area contributed by atoms with Gasteiger partial charge in [-0.2, -0.15) is 0 Å². The third kappa shape index (κ3) is 2.64. The second kappa shape index (κ2) is 5.06. The minimum Gasteiger partial charge on any atom is -0.373 e. The molecule has 19 heavy (non-hydrogen) atoms. The highest BCUT2D eigenvalue weighted by molar-refractivity contribution is 7.22. The van der Waals surface area contributed by atoms with Gasteiger partial charge in [0.15, 0.2) is 0 Å². The summed E-state index contributed by atoms with van der Waals surface area (Å²) in [6, 6.07) is 17.4. The lowest BCUT2D eigenvalue weighted by Crippen LogP contribution is -1.99. The van der Waals surface area contributed by atoms with Gasteiger partial charge >= 0.3 is 0 Å². The van der Waals surface area contributed by atoms with Crippen LogP contribution in [0.4, 0.5) is 5.00 Å². The van der Waals surface area contributed by atoms with Crippen LogP contribution in [0.3, 0.4) is 0 Å². The fourth-order valence-corrected chi connectivity index (χ4v) is 3.25. The molecule has 0 saturated carbocycles. The van der Waals surface area contributed by atoms with Crippen molar-refractivity contribution in [2.45, 2.75) is 20.4 Å². The molecule has 0 spiro atoms. The molecule has 1 nitrogen and oxygen atoms in total. The molecule has 0 atom stereocenters. The maximum absolute atomic E-state index is 3.53. The van der Waals surface area contributed by atoms with Gasteiger partial charge < -0.3 is 5.32 Å². The van der Waals surface area contributed by atoms with Crippen molar-refractivity contribution in [1.82, 2.24) is 0 Å². The predicted molar refractivity (Wildman–Crippen MR) is 85.1 cm³/mol. The first-order valence-electron chi connectivity index (χ1n) is 6.51. The highest BCUT2D eigenvalue weighted by Gasteiger charge is 2.02. The summed E-state index contributed by atoms with van der Waals surface area (Å²) in [6.07, 6.45) is 0. The van der Waals surface area contributed by atoms with Gasteiger partial charge in [0.2, 0.25) is 0 Å². The van der Waals surface area contributed by atoms with Crippen LogP contribution in [0.1, 0.15) is 16.7 Å². The van der Waals surface area contributed by atoms with Crippen LogP contribution in [0.25, 0.3) is 10.1 Å². The molecular formula is C17H17NS. The Bertz CT molecular complexity index is 679. The minimum atomic E-state index is 0.888. The molecule has 0 aliphatic carbocycles. The Hall–Kier alpha value is -1.80. The van der Waals surface area contributed by atoms with Crippen LogP contribution in [-0.2, 0) is 6.54 Å². The van der Waals surface area contributed by atoms with Crippen molar-refractivity contribution in [3.8, 4) is 0 Å². The molecule has 2 aromatic carbocycles. The summed E-state index contributed by atoms with van der Waals surface area (Å²) in [5, 5.41) is 6.08. The van der Waals surface area contributed by atoms with Gasteiger partial charge in [-0.05, 0) is 42.5 Å². The van der Waals surface area contributed by atoms with Gasteiger partial charge in [0.1, 0.15) is 0 Å². The molecule has 1 aromatic heterocycles. The lowest BCUT2D eigenvalue weighted by Gasteiger charge is -2.08. The summed E-state index contributed by atoms with van der Waals surface area (Å²) >= 11 is 1.81. The van der Waals surface area contributed by atoms with Gasteiger partial charge in [0.05, 0.1) is 5.00 Å². The third-order valence-electron chi connectivity index (χ3n) is 3.38. The van der Waals surface area contributed by atoms with E-state index in [-0.39, 0.29) is 0 Å². The molecule has 0 fully saturated rings. The Morgan fingerprint density at radius 1 is 1.00 bits per heavy atom. The first kappa shape index (κ1) is 12.2. The molecule has 1 N–H and O–H groups in total. The molecule has 0 aliphatic heterocycles. The molecule has 0 amide bonds. The van der Waals surface area contributed by atoms with Crippen molar-refractivity contribution >= 4 is 26.4 Å². The Morgan fingerprint density at radius 2 is 1.84 bits per heavy atom. The highest BCUT2D eigenvalue weighted by atomic mass is 32.1. The van der Waals surface area contributed by atoms with E-state index in [0.717, 1.165) is 6.54 Å². The number of benzene rings is 2. The molecule has 0 bridgehead atoms. The zero-order valence-corrected chi connectivity index (χ0v) is 12.1. The first-order valence-corrected chi connectivity index (χ1v) is 7.32. The second-order valence-corrected chi connectivity index (χ2v) is 6.02. The summed E-state index contributed by atoms with van der Waals surface area (Å²) in [5.41, 5.74) is 4.04. The second-order valence-electron chi connectivity index (χ2n) is 4.93. The van der Waals surface area contributed by atoms with Gasteiger partial charge in [-0.1, -0.05) is 42.0 Å². The van der Waals surface area contributed by atoms with E-state index in [0.29, 0.717) is 0 Å². The standard InChI is InChI=1S/C17H17NS/c1-12-7-8-15(13(2)9-12)11-18-17-10-14-5-3-4-6-16(14)19-17/h3-10,18H,11H2,1-2H3. The molecule has 0 unspecified atom stereocenters. The monoisotopic (exact) mass is 267 g/mol. The van der Waals surface area contributed by atoms with E-state index in [2.05, 4.69) is 67.7 Å². The summed E-state index contributed by atoms with van der Waals surface area (Å²) in [4.78, 5) is 0. The zero-order chi connectivity index (χ0) is 13.2. The predicted octanol–water partition coefficient (Wildman–Crippen LogP) is 5.13. The van der Waals surface area contributed by atoms with E-state index >= 15 is 0 Å². The summed E-state index contributed by atoms with van der Waals surface area (Å²) in [5.74, 6) is 0. The van der Waals surface area contributed by atoms with Crippen LogP contribution >= 0.6 is 11.3 Å². The number of aryl methyl sites for hydroxylation is 2. The van der Waals surface area contributed by atoms with Crippen LogP contribution in [0, 0.1) is 13.8 Å². The number of nitrogens with one attached hydrogen (secondary N) is 1. The van der Waals surface area contributed by atoms with Gasteiger partial charge in [0.25, 0.3) is 0 Å². The van der Waals surface area contributed by atoms with E-state index in [4.69, 9.17) is 0 Å². The lowest BCUT2D eigenvalue weighted by molar-refractivity contribution is 1.12. The lowest BCUT2D eigenvalue weighted by atomic mass is 10.1. The molecule has 0 aliphatic rings. The average Bonchev–Trinajstić information content (AvgIpc) is 2.80. The Balaban J connectivity index is 1.78. The van der Waals surface area contributed by atoms with E-state index in [1.165, 1.54) is 31.8 Å². The van der Waals surface area contributed by atoms with E-state index in [1.54, 1.807) is 0 Å². The smallest absolute Gasteiger partial charge is 0.0897 e. The summed E-state index contributed by atoms with van der Waals surface area (Å²) in [7, 11) is 0. The van der Waals surface area contributed by atoms with Crippen molar-refractivity contribution in [2.24, 2.45) is 0 Å². The topological polar surface area (TPSA) is 12.0 Å². The normalized spacial score (nSPS) is 10.8. The molecule has 3 aromatic rings. The van der Waals surface area contributed by atoms with Gasteiger partial charge in [-0.15, -0.1) is 11.3 Å². The van der Waals surface area contributed by atoms with E-state index in [1.807, 2.05) is 11.3 Å². The molecule has 2 heteroatoms. The van der Waals surface area contributed by atoms with Gasteiger partial charge in [-0.25, -0.2) is 0 Å². The van der Waals surface area contributed by atoms with Crippen molar-refractivity contribution in [2.75, 3.05) is 5.32 Å². The highest BCUT2D eigenvalue weighted by Crippen LogP contribution is 2.29. The van der Waals surface area contributed by atoms with Crippen molar-refractivity contribution < 1.29 is 0 Å². The average molecular weight is 267 g/mol. The number of hydrogen-bond acceptors (Lipinski definition) is 2. The fraction of sp³-hybridized carbons (Fsp3) is 0.176. The minimum absolute atomic E-state index is 0.888. The van der Waals surface area contributed by atoms with E-state index < -0.39 is 0 Å². The number of rotatable bonds is 3. The number of thiophene rings is 1.